The summed E-state index contributed by atoms with van der Waals surface area (Å²) in [7, 11) is -4.62. The van der Waals surface area contributed by atoms with Gasteiger partial charge in [-0.25, -0.2) is 0 Å². The van der Waals surface area contributed by atoms with Crippen molar-refractivity contribution in [3.05, 3.63) is 54.6 Å². The van der Waals surface area contributed by atoms with Crippen LogP contribution in [0.4, 0.5) is 17.1 Å². The first-order valence-corrected chi connectivity index (χ1v) is 8.30. The van der Waals surface area contributed by atoms with Gasteiger partial charge in [0.2, 0.25) is 0 Å². The van der Waals surface area contributed by atoms with Crippen LogP contribution in [0, 0.1) is 0 Å². The fourth-order valence-corrected chi connectivity index (χ4v) is 2.98. The molecule has 0 aromatic heterocycles. The number of phenolic OH excluding ortho intramolecular Hbond substituents is 1. The average Bonchev–Trinajstić information content (AvgIpc) is 2.54. The van der Waals surface area contributed by atoms with Crippen LogP contribution >= 0.6 is 0 Å². The summed E-state index contributed by atoms with van der Waals surface area (Å²) >= 11 is 0. The van der Waals surface area contributed by atoms with Crippen molar-refractivity contribution in [1.82, 2.24) is 0 Å². The van der Waals surface area contributed by atoms with Gasteiger partial charge in [0.05, 0.1) is 5.69 Å². The average molecular weight is 343 g/mol. The number of phenols is 1. The first-order valence-electron chi connectivity index (χ1n) is 6.86. The summed E-state index contributed by atoms with van der Waals surface area (Å²) < 4.78 is 32.8. The molecule has 0 aliphatic carbocycles. The van der Waals surface area contributed by atoms with Gasteiger partial charge in [-0.1, -0.05) is 30.3 Å². The van der Waals surface area contributed by atoms with Gasteiger partial charge in [-0.05, 0) is 29.7 Å². The molecule has 0 radical (unpaired) electrons. The fourth-order valence-electron chi connectivity index (χ4n) is 2.32. The molecule has 4 N–H and O–H groups in total. The molecule has 0 unspecified atom stereocenters. The van der Waals surface area contributed by atoms with Crippen LogP contribution in [-0.2, 0) is 10.1 Å². The van der Waals surface area contributed by atoms with Crippen LogP contribution in [0.25, 0.3) is 10.8 Å². The van der Waals surface area contributed by atoms with Crippen LogP contribution in [-0.4, -0.2) is 18.1 Å². The van der Waals surface area contributed by atoms with Crippen molar-refractivity contribution in [1.29, 1.82) is 0 Å². The molecule has 0 saturated carbocycles. The SMILES string of the molecule is Nc1cccc2cc(S(=O)(=O)O)c(/N=N/c3ccccc3)c(O)c12. The van der Waals surface area contributed by atoms with E-state index in [2.05, 4.69) is 10.2 Å². The van der Waals surface area contributed by atoms with Crippen molar-refractivity contribution >= 4 is 38.0 Å². The summed E-state index contributed by atoms with van der Waals surface area (Å²) in [4.78, 5) is -0.544. The summed E-state index contributed by atoms with van der Waals surface area (Å²) in [6.45, 7) is 0. The zero-order valence-corrected chi connectivity index (χ0v) is 13.1. The standard InChI is InChI=1S/C16H13N3O4S/c17-12-8-4-5-10-9-13(24(21,22)23)15(16(20)14(10)12)19-18-11-6-2-1-3-7-11/h1-9,20H,17H2,(H,21,22,23)/b19-18+. The summed E-state index contributed by atoms with van der Waals surface area (Å²) in [5.41, 5.74) is 6.19. The normalized spacial score (nSPS) is 12.0. The highest BCUT2D eigenvalue weighted by Gasteiger charge is 2.22. The molecule has 0 heterocycles. The number of nitrogens with zero attached hydrogens (tertiary/aromatic N) is 2. The number of nitrogen functional groups attached to an aromatic ring is 1. The molecule has 3 aromatic carbocycles. The Labute approximate surface area is 137 Å². The van der Waals surface area contributed by atoms with Crippen molar-refractivity contribution < 1.29 is 18.1 Å². The van der Waals surface area contributed by atoms with E-state index < -0.39 is 20.8 Å². The number of hydrogen-bond donors (Lipinski definition) is 3. The molecule has 122 valence electrons. The molecule has 0 aliphatic rings. The predicted molar refractivity (Wildman–Crippen MR) is 90.5 cm³/mol. The van der Waals surface area contributed by atoms with E-state index in [4.69, 9.17) is 5.73 Å². The van der Waals surface area contributed by atoms with E-state index in [0.29, 0.717) is 11.1 Å². The van der Waals surface area contributed by atoms with Gasteiger partial charge in [0.15, 0.2) is 5.75 Å². The molecular weight excluding hydrogens is 330 g/mol. The first-order chi connectivity index (χ1) is 11.4. The topological polar surface area (TPSA) is 125 Å². The van der Waals surface area contributed by atoms with Crippen LogP contribution in [0.1, 0.15) is 0 Å². The molecular formula is C16H13N3O4S. The molecule has 0 aliphatic heterocycles. The minimum atomic E-state index is -4.62. The zero-order chi connectivity index (χ0) is 17.3. The van der Waals surface area contributed by atoms with Gasteiger partial charge >= 0.3 is 0 Å². The number of azo groups is 1. The van der Waals surface area contributed by atoms with E-state index in [1.807, 2.05) is 0 Å². The van der Waals surface area contributed by atoms with Crippen molar-refractivity contribution in [3.63, 3.8) is 0 Å². The number of aromatic hydroxyl groups is 1. The second-order valence-corrected chi connectivity index (χ2v) is 6.42. The number of hydrogen-bond acceptors (Lipinski definition) is 6. The molecule has 0 spiro atoms. The lowest BCUT2D eigenvalue weighted by atomic mass is 10.1. The Balaban J connectivity index is 2.30. The molecule has 0 saturated heterocycles. The monoisotopic (exact) mass is 343 g/mol. The molecule has 0 fully saturated rings. The molecule has 0 amide bonds. The van der Waals surface area contributed by atoms with E-state index in [1.165, 1.54) is 6.07 Å². The molecule has 7 nitrogen and oxygen atoms in total. The van der Waals surface area contributed by atoms with Gasteiger partial charge in [0.1, 0.15) is 10.6 Å². The Morgan fingerprint density at radius 3 is 2.33 bits per heavy atom. The molecule has 0 atom stereocenters. The number of anilines is 1. The van der Waals surface area contributed by atoms with E-state index in [0.717, 1.165) is 0 Å². The Kier molecular flexibility index (Phi) is 3.92. The summed E-state index contributed by atoms with van der Waals surface area (Å²) in [5.74, 6) is -0.460. The van der Waals surface area contributed by atoms with Gasteiger partial charge in [0.25, 0.3) is 10.1 Å². The van der Waals surface area contributed by atoms with Crippen LogP contribution in [0.5, 0.6) is 5.75 Å². The highest BCUT2D eigenvalue weighted by atomic mass is 32.2. The maximum absolute atomic E-state index is 11.7. The van der Waals surface area contributed by atoms with Crippen LogP contribution in [0.2, 0.25) is 0 Å². The predicted octanol–water partition coefficient (Wildman–Crippen LogP) is 3.79. The van der Waals surface area contributed by atoms with Gasteiger partial charge in [0, 0.05) is 11.1 Å². The maximum Gasteiger partial charge on any atom is 0.296 e. The van der Waals surface area contributed by atoms with E-state index in [1.54, 1.807) is 48.5 Å². The van der Waals surface area contributed by atoms with E-state index in [-0.39, 0.29) is 16.8 Å². The van der Waals surface area contributed by atoms with Crippen LogP contribution in [0.15, 0.2) is 69.7 Å². The van der Waals surface area contributed by atoms with Gasteiger partial charge < -0.3 is 10.8 Å². The second-order valence-electron chi connectivity index (χ2n) is 5.03. The lowest BCUT2D eigenvalue weighted by Crippen LogP contribution is -1.99. The molecule has 3 aromatic rings. The second kappa shape index (κ2) is 5.91. The molecule has 0 bridgehead atoms. The lowest BCUT2D eigenvalue weighted by Gasteiger charge is -2.10. The smallest absolute Gasteiger partial charge is 0.296 e. The zero-order valence-electron chi connectivity index (χ0n) is 12.3. The van der Waals surface area contributed by atoms with Crippen molar-refractivity contribution in [3.8, 4) is 5.75 Å². The first kappa shape index (κ1) is 15.9. The van der Waals surface area contributed by atoms with Gasteiger partial charge in [-0.3, -0.25) is 4.55 Å². The maximum atomic E-state index is 11.7. The molecule has 8 heteroatoms. The van der Waals surface area contributed by atoms with Crippen molar-refractivity contribution in [2.45, 2.75) is 4.90 Å². The Bertz CT molecular complexity index is 1050. The van der Waals surface area contributed by atoms with E-state index >= 15 is 0 Å². The quantitative estimate of drug-likeness (QED) is 0.379. The summed E-state index contributed by atoms with van der Waals surface area (Å²) in [6.07, 6.45) is 0. The minimum absolute atomic E-state index is 0.243. The molecule has 3 rings (SSSR count). The largest absolute Gasteiger partial charge is 0.505 e. The Hall–Kier alpha value is -2.97. The third-order valence-corrected chi connectivity index (χ3v) is 4.28. The van der Waals surface area contributed by atoms with Crippen molar-refractivity contribution in [2.24, 2.45) is 10.2 Å². The van der Waals surface area contributed by atoms with Gasteiger partial charge in [-0.15, -0.1) is 5.11 Å². The lowest BCUT2D eigenvalue weighted by molar-refractivity contribution is 0.472. The van der Waals surface area contributed by atoms with E-state index in [9.17, 15) is 18.1 Å². The minimum Gasteiger partial charge on any atom is -0.505 e. The Morgan fingerprint density at radius 2 is 1.67 bits per heavy atom. The third-order valence-electron chi connectivity index (χ3n) is 3.41. The van der Waals surface area contributed by atoms with Crippen LogP contribution < -0.4 is 5.73 Å². The van der Waals surface area contributed by atoms with Gasteiger partial charge in [-0.2, -0.15) is 13.5 Å². The number of nitrogens with two attached hydrogens (primary N) is 1. The van der Waals surface area contributed by atoms with Crippen LogP contribution in [0.3, 0.4) is 0 Å². The summed E-state index contributed by atoms with van der Waals surface area (Å²) in [5, 5.41) is 18.8. The highest BCUT2D eigenvalue weighted by molar-refractivity contribution is 7.86. The molecule has 24 heavy (non-hydrogen) atoms. The fraction of sp³-hybridized carbons (Fsp3) is 0. The number of benzene rings is 3. The highest BCUT2D eigenvalue weighted by Crippen LogP contribution is 2.43. The Morgan fingerprint density at radius 1 is 0.958 bits per heavy atom. The summed E-state index contributed by atoms with van der Waals surface area (Å²) in [6, 6.07) is 14.5. The number of fused-ring (bicyclic) bond motifs is 1. The number of rotatable bonds is 3. The van der Waals surface area contributed by atoms with Crippen molar-refractivity contribution in [2.75, 3.05) is 5.73 Å². The third kappa shape index (κ3) is 2.92.